The number of benzene rings is 1. The Morgan fingerprint density at radius 3 is 2.83 bits per heavy atom. The molecule has 0 spiro atoms. The number of rotatable bonds is 4. The lowest BCUT2D eigenvalue weighted by Gasteiger charge is -2.17. The third-order valence-corrected chi connectivity index (χ3v) is 3.23. The Kier molecular flexibility index (Phi) is 2.92. The van der Waals surface area contributed by atoms with Crippen LogP contribution in [0.15, 0.2) is 24.3 Å². The molecule has 18 heavy (non-hydrogen) atoms. The average molecular weight is 252 g/mol. The molecule has 1 saturated carbocycles. The molecule has 0 radical (unpaired) electrons. The molecular formula is C11H12N2O5. The molecule has 2 unspecified atom stereocenters. The maximum atomic E-state index is 10.8. The molecule has 7 heteroatoms. The van der Waals surface area contributed by atoms with Gasteiger partial charge in [-0.15, -0.1) is 0 Å². The largest absolute Gasteiger partial charge is 0.465 e. The molecule has 96 valence electrons. The van der Waals surface area contributed by atoms with Gasteiger partial charge in [0.2, 0.25) is 0 Å². The van der Waals surface area contributed by atoms with Crippen LogP contribution in [0.5, 0.6) is 0 Å². The fourth-order valence-corrected chi connectivity index (χ4v) is 2.22. The summed E-state index contributed by atoms with van der Waals surface area (Å²) in [5, 5.41) is 31.0. The van der Waals surface area contributed by atoms with Gasteiger partial charge in [-0.2, -0.15) is 0 Å². The van der Waals surface area contributed by atoms with E-state index in [-0.39, 0.29) is 18.2 Å². The van der Waals surface area contributed by atoms with E-state index >= 15 is 0 Å². The van der Waals surface area contributed by atoms with E-state index in [0.29, 0.717) is 12.0 Å². The second kappa shape index (κ2) is 4.26. The van der Waals surface area contributed by atoms with Crippen LogP contribution in [0.4, 0.5) is 10.5 Å². The van der Waals surface area contributed by atoms with E-state index in [0.717, 1.165) is 0 Å². The molecule has 1 aromatic carbocycles. The van der Waals surface area contributed by atoms with Crippen LogP contribution < -0.4 is 5.32 Å². The molecule has 2 rings (SSSR count). The van der Waals surface area contributed by atoms with Crippen molar-refractivity contribution in [2.24, 2.45) is 5.92 Å². The number of non-ortho nitro benzene ring substituents is 1. The van der Waals surface area contributed by atoms with E-state index in [2.05, 4.69) is 5.32 Å². The zero-order valence-corrected chi connectivity index (χ0v) is 9.37. The van der Waals surface area contributed by atoms with Crippen LogP contribution in [0.1, 0.15) is 12.0 Å². The van der Waals surface area contributed by atoms with E-state index < -0.39 is 16.6 Å². The summed E-state index contributed by atoms with van der Waals surface area (Å²) in [5.74, 6) is -0.240. The Morgan fingerprint density at radius 2 is 2.33 bits per heavy atom. The van der Waals surface area contributed by atoms with Crippen molar-refractivity contribution in [2.45, 2.75) is 12.0 Å². The van der Waals surface area contributed by atoms with Gasteiger partial charge in [0, 0.05) is 24.7 Å². The summed E-state index contributed by atoms with van der Waals surface area (Å²) in [4.78, 5) is 20.9. The molecule has 0 saturated heterocycles. The minimum absolute atomic E-state index is 0.0948. The van der Waals surface area contributed by atoms with E-state index in [1.807, 2.05) is 0 Å². The number of hydrogen-bond acceptors (Lipinski definition) is 4. The number of amides is 1. The zero-order valence-electron chi connectivity index (χ0n) is 9.37. The van der Waals surface area contributed by atoms with Gasteiger partial charge in [-0.05, 0) is 12.0 Å². The van der Waals surface area contributed by atoms with Gasteiger partial charge in [-0.1, -0.05) is 12.1 Å². The lowest BCUT2D eigenvalue weighted by molar-refractivity contribution is -0.385. The van der Waals surface area contributed by atoms with E-state index in [4.69, 9.17) is 10.2 Å². The van der Waals surface area contributed by atoms with Gasteiger partial charge >= 0.3 is 6.09 Å². The monoisotopic (exact) mass is 252 g/mol. The second-order valence-electron chi connectivity index (χ2n) is 4.29. The number of nitro groups is 1. The number of carboxylic acid groups (broad SMARTS) is 1. The summed E-state index contributed by atoms with van der Waals surface area (Å²) in [7, 11) is 0. The number of nitrogens with one attached hydrogen (secondary N) is 1. The van der Waals surface area contributed by atoms with Gasteiger partial charge in [-0.3, -0.25) is 10.1 Å². The quantitative estimate of drug-likeness (QED) is 0.548. The first-order valence-corrected chi connectivity index (χ1v) is 5.36. The highest BCUT2D eigenvalue weighted by Crippen LogP contribution is 2.52. The van der Waals surface area contributed by atoms with Gasteiger partial charge in [-0.25, -0.2) is 4.79 Å². The van der Waals surface area contributed by atoms with Gasteiger partial charge < -0.3 is 15.5 Å². The highest BCUT2D eigenvalue weighted by atomic mass is 16.6. The fraction of sp³-hybridized carbons (Fsp3) is 0.364. The molecule has 3 N–H and O–H groups in total. The van der Waals surface area contributed by atoms with E-state index in [9.17, 15) is 14.9 Å². The predicted molar refractivity (Wildman–Crippen MR) is 61.1 cm³/mol. The van der Waals surface area contributed by atoms with Crippen LogP contribution in [-0.2, 0) is 5.54 Å². The van der Waals surface area contributed by atoms with Crippen molar-refractivity contribution >= 4 is 11.8 Å². The molecule has 0 heterocycles. The Morgan fingerprint density at radius 1 is 1.61 bits per heavy atom. The number of nitro benzene ring substituents is 1. The standard InChI is InChI=1S/C11H12N2O5/c14-6-8-5-11(8,12-10(15)16)7-2-1-3-9(4-7)13(17)18/h1-4,8,12,14H,5-6H2,(H,15,16). The molecule has 1 amide bonds. The molecule has 7 nitrogen and oxygen atoms in total. The normalized spacial score (nSPS) is 25.5. The third-order valence-electron chi connectivity index (χ3n) is 3.23. The van der Waals surface area contributed by atoms with Crippen molar-refractivity contribution in [1.29, 1.82) is 0 Å². The molecule has 0 aliphatic heterocycles. The second-order valence-corrected chi connectivity index (χ2v) is 4.29. The first-order chi connectivity index (χ1) is 8.49. The summed E-state index contributed by atoms with van der Waals surface area (Å²) in [6.07, 6.45) is -0.769. The first-order valence-electron chi connectivity index (χ1n) is 5.36. The van der Waals surface area contributed by atoms with E-state index in [1.165, 1.54) is 18.2 Å². The van der Waals surface area contributed by atoms with Crippen molar-refractivity contribution in [2.75, 3.05) is 6.61 Å². The van der Waals surface area contributed by atoms with Crippen LogP contribution in [0.3, 0.4) is 0 Å². The lowest BCUT2D eigenvalue weighted by Crippen LogP contribution is -2.36. The van der Waals surface area contributed by atoms with Crippen LogP contribution >= 0.6 is 0 Å². The van der Waals surface area contributed by atoms with Crippen LogP contribution in [-0.4, -0.2) is 27.8 Å². The minimum atomic E-state index is -1.21. The number of nitrogens with zero attached hydrogens (tertiary/aromatic N) is 1. The van der Waals surface area contributed by atoms with Crippen LogP contribution in [0, 0.1) is 16.0 Å². The molecule has 1 aliphatic carbocycles. The fourth-order valence-electron chi connectivity index (χ4n) is 2.22. The number of aliphatic hydroxyl groups is 1. The molecule has 2 atom stereocenters. The van der Waals surface area contributed by atoms with E-state index in [1.54, 1.807) is 6.07 Å². The molecule has 0 aromatic heterocycles. The first kappa shape index (κ1) is 12.3. The Balaban J connectivity index is 2.36. The van der Waals surface area contributed by atoms with Crippen LogP contribution in [0.2, 0.25) is 0 Å². The highest BCUT2D eigenvalue weighted by molar-refractivity contribution is 5.67. The Hall–Kier alpha value is -2.15. The average Bonchev–Trinajstić information content (AvgIpc) is 3.03. The summed E-state index contributed by atoms with van der Waals surface area (Å²) < 4.78 is 0. The van der Waals surface area contributed by atoms with Crippen molar-refractivity contribution in [3.8, 4) is 0 Å². The maximum Gasteiger partial charge on any atom is 0.405 e. The van der Waals surface area contributed by atoms with Crippen molar-refractivity contribution in [3.63, 3.8) is 0 Å². The number of carbonyl (C=O) groups is 1. The SMILES string of the molecule is O=C(O)NC1(c2cccc([N+](=O)[O-])c2)CC1CO. The van der Waals surface area contributed by atoms with Gasteiger partial charge in [0.25, 0.3) is 5.69 Å². The molecule has 1 aliphatic rings. The lowest BCUT2D eigenvalue weighted by atomic mass is 10.0. The summed E-state index contributed by atoms with van der Waals surface area (Å²) in [6, 6.07) is 5.81. The molecule has 1 aromatic rings. The van der Waals surface area contributed by atoms with Gasteiger partial charge in [0.1, 0.15) is 0 Å². The van der Waals surface area contributed by atoms with Crippen molar-refractivity contribution in [3.05, 3.63) is 39.9 Å². The smallest absolute Gasteiger partial charge is 0.405 e. The molecule has 1 fully saturated rings. The van der Waals surface area contributed by atoms with Crippen molar-refractivity contribution < 1.29 is 19.9 Å². The maximum absolute atomic E-state index is 10.8. The summed E-state index contributed by atoms with van der Waals surface area (Å²) in [5.41, 5.74) is -0.479. The van der Waals surface area contributed by atoms with Gasteiger partial charge in [0.15, 0.2) is 0 Å². The zero-order chi connectivity index (χ0) is 13.3. The van der Waals surface area contributed by atoms with Crippen molar-refractivity contribution in [1.82, 2.24) is 5.32 Å². The topological polar surface area (TPSA) is 113 Å². The van der Waals surface area contributed by atoms with Gasteiger partial charge in [0.05, 0.1) is 10.5 Å². The summed E-state index contributed by atoms with van der Waals surface area (Å²) in [6.45, 7) is -0.164. The summed E-state index contributed by atoms with van der Waals surface area (Å²) >= 11 is 0. The predicted octanol–water partition coefficient (Wildman–Crippen LogP) is 1.07. The minimum Gasteiger partial charge on any atom is -0.465 e. The Bertz CT molecular complexity index is 504. The Labute approximate surface area is 102 Å². The molecular weight excluding hydrogens is 240 g/mol. The third kappa shape index (κ3) is 2.00. The number of hydrogen-bond donors (Lipinski definition) is 3. The van der Waals surface area contributed by atoms with Crippen LogP contribution in [0.25, 0.3) is 0 Å². The molecule has 0 bridgehead atoms. The highest BCUT2D eigenvalue weighted by Gasteiger charge is 2.56. The number of aliphatic hydroxyl groups excluding tert-OH is 1.